The Balaban J connectivity index is 2.40. The quantitative estimate of drug-likeness (QED) is 0.755. The number of benzene rings is 1. The lowest BCUT2D eigenvalue weighted by Gasteiger charge is -2.34. The van der Waals surface area contributed by atoms with E-state index in [0.717, 1.165) is 0 Å². The third-order valence-electron chi connectivity index (χ3n) is 4.63. The highest BCUT2D eigenvalue weighted by Crippen LogP contribution is 2.23. The van der Waals surface area contributed by atoms with Crippen LogP contribution in [0.15, 0.2) is 17.0 Å². The number of sulfonamides is 1. The second-order valence-electron chi connectivity index (χ2n) is 6.45. The molecule has 0 bridgehead atoms. The van der Waals surface area contributed by atoms with E-state index in [0.29, 0.717) is 37.2 Å². The molecule has 1 aliphatic heterocycles. The highest BCUT2D eigenvalue weighted by molar-refractivity contribution is 7.89. The molecule has 2 rings (SSSR count). The Morgan fingerprint density at radius 1 is 1.27 bits per heavy atom. The fourth-order valence-electron chi connectivity index (χ4n) is 3.07. The number of primary sulfonamides is 1. The zero-order chi connectivity index (χ0) is 19.5. The smallest absolute Gasteiger partial charge is 0.305 e. The van der Waals surface area contributed by atoms with Gasteiger partial charge in [-0.2, -0.15) is 0 Å². The van der Waals surface area contributed by atoms with Crippen molar-refractivity contribution in [3.05, 3.63) is 28.8 Å². The first-order chi connectivity index (χ1) is 12.1. The van der Waals surface area contributed by atoms with E-state index < -0.39 is 21.9 Å². The van der Waals surface area contributed by atoms with Crippen LogP contribution in [0.4, 0.5) is 0 Å². The molecule has 26 heavy (non-hydrogen) atoms. The lowest BCUT2D eigenvalue weighted by Crippen LogP contribution is -2.44. The van der Waals surface area contributed by atoms with E-state index in [2.05, 4.69) is 0 Å². The molecule has 0 unspecified atom stereocenters. The molecule has 0 atom stereocenters. The maximum absolute atomic E-state index is 13.1. The van der Waals surface area contributed by atoms with Gasteiger partial charge >= 0.3 is 5.97 Å². The van der Waals surface area contributed by atoms with Crippen LogP contribution >= 0.6 is 0 Å². The average Bonchev–Trinajstić information content (AvgIpc) is 2.56. The normalized spacial score (nSPS) is 15.7. The van der Waals surface area contributed by atoms with Crippen LogP contribution in [0.5, 0.6) is 0 Å². The summed E-state index contributed by atoms with van der Waals surface area (Å²) < 4.78 is 29.0. The molecule has 0 aromatic heterocycles. The number of hydrogen-bond acceptors (Lipinski definition) is 5. The van der Waals surface area contributed by atoms with Crippen molar-refractivity contribution in [3.8, 4) is 0 Å². The number of nitrogens with zero attached hydrogens (tertiary/aromatic N) is 1. The van der Waals surface area contributed by atoms with Crippen LogP contribution in [0.25, 0.3) is 0 Å². The SMILES string of the molecule is Cc1cc(C(=O)N(CCC(=O)O)C2CCOCC2)cc(S(N)(=O)=O)c1C. The summed E-state index contributed by atoms with van der Waals surface area (Å²) in [7, 11) is -3.97. The van der Waals surface area contributed by atoms with Crippen molar-refractivity contribution >= 4 is 21.9 Å². The van der Waals surface area contributed by atoms with Gasteiger partial charge in [0.2, 0.25) is 10.0 Å². The topological polar surface area (TPSA) is 127 Å². The molecule has 1 aliphatic rings. The van der Waals surface area contributed by atoms with Gasteiger partial charge < -0.3 is 14.7 Å². The number of carboxylic acids is 1. The molecular weight excluding hydrogens is 360 g/mol. The van der Waals surface area contributed by atoms with Crippen LogP contribution in [0, 0.1) is 13.8 Å². The lowest BCUT2D eigenvalue weighted by molar-refractivity contribution is -0.137. The first kappa shape index (κ1) is 20.3. The second kappa shape index (κ2) is 8.15. The number of nitrogens with two attached hydrogens (primary N) is 1. The third kappa shape index (κ3) is 4.80. The molecule has 0 radical (unpaired) electrons. The number of carbonyl (C=O) groups excluding carboxylic acids is 1. The molecule has 3 N–H and O–H groups in total. The Labute approximate surface area is 153 Å². The molecule has 1 aromatic carbocycles. The van der Waals surface area contributed by atoms with Crippen molar-refractivity contribution in [2.75, 3.05) is 19.8 Å². The van der Waals surface area contributed by atoms with Gasteiger partial charge in [0, 0.05) is 31.4 Å². The number of carbonyl (C=O) groups is 2. The second-order valence-corrected chi connectivity index (χ2v) is 7.98. The van der Waals surface area contributed by atoms with E-state index in [4.69, 9.17) is 15.0 Å². The van der Waals surface area contributed by atoms with Gasteiger partial charge in [-0.15, -0.1) is 0 Å². The van der Waals surface area contributed by atoms with E-state index >= 15 is 0 Å². The van der Waals surface area contributed by atoms with Gasteiger partial charge in [0.15, 0.2) is 0 Å². The van der Waals surface area contributed by atoms with Crippen LogP contribution in [-0.2, 0) is 19.6 Å². The summed E-state index contributed by atoms with van der Waals surface area (Å²) in [5.41, 5.74) is 1.31. The lowest BCUT2D eigenvalue weighted by atomic mass is 10.0. The van der Waals surface area contributed by atoms with Gasteiger partial charge in [-0.25, -0.2) is 13.6 Å². The predicted molar refractivity (Wildman–Crippen MR) is 94.4 cm³/mol. The van der Waals surface area contributed by atoms with Gasteiger partial charge in [-0.05, 0) is 49.9 Å². The summed E-state index contributed by atoms with van der Waals surface area (Å²) >= 11 is 0. The van der Waals surface area contributed by atoms with Crippen LogP contribution < -0.4 is 5.14 Å². The molecule has 1 aromatic rings. The molecule has 1 amide bonds. The third-order valence-corrected chi connectivity index (χ3v) is 5.67. The van der Waals surface area contributed by atoms with Crippen molar-refractivity contribution in [1.29, 1.82) is 0 Å². The Morgan fingerprint density at radius 3 is 2.42 bits per heavy atom. The fraction of sp³-hybridized carbons (Fsp3) is 0.529. The van der Waals surface area contributed by atoms with Crippen molar-refractivity contribution in [2.45, 2.75) is 44.0 Å². The molecule has 1 heterocycles. The fourth-order valence-corrected chi connectivity index (χ4v) is 3.95. The van der Waals surface area contributed by atoms with E-state index in [1.807, 2.05) is 0 Å². The van der Waals surface area contributed by atoms with Gasteiger partial charge in [-0.3, -0.25) is 9.59 Å². The van der Waals surface area contributed by atoms with Gasteiger partial charge in [-0.1, -0.05) is 0 Å². The Kier molecular flexibility index (Phi) is 6.38. The summed E-state index contributed by atoms with van der Waals surface area (Å²) in [6, 6.07) is 2.74. The minimum Gasteiger partial charge on any atom is -0.481 e. The summed E-state index contributed by atoms with van der Waals surface area (Å²) in [4.78, 5) is 25.4. The van der Waals surface area contributed by atoms with Crippen LogP contribution in [0.3, 0.4) is 0 Å². The molecule has 1 fully saturated rings. The van der Waals surface area contributed by atoms with Crippen LogP contribution in [0.2, 0.25) is 0 Å². The van der Waals surface area contributed by atoms with Gasteiger partial charge in [0.25, 0.3) is 5.91 Å². The Morgan fingerprint density at radius 2 is 1.88 bits per heavy atom. The van der Waals surface area contributed by atoms with E-state index in [-0.39, 0.29) is 29.5 Å². The number of rotatable bonds is 6. The van der Waals surface area contributed by atoms with Crippen molar-refractivity contribution < 1.29 is 27.9 Å². The van der Waals surface area contributed by atoms with Gasteiger partial charge in [0.05, 0.1) is 11.3 Å². The van der Waals surface area contributed by atoms with Crippen molar-refractivity contribution in [2.24, 2.45) is 5.14 Å². The van der Waals surface area contributed by atoms with Crippen LogP contribution in [0.1, 0.15) is 40.7 Å². The summed E-state index contributed by atoms with van der Waals surface area (Å²) in [5.74, 6) is -1.40. The van der Waals surface area contributed by atoms with Crippen LogP contribution in [-0.4, -0.2) is 56.1 Å². The molecular formula is C17H24N2O6S. The molecule has 144 valence electrons. The number of aryl methyl sites for hydroxylation is 1. The van der Waals surface area contributed by atoms with E-state index in [1.165, 1.54) is 11.0 Å². The maximum Gasteiger partial charge on any atom is 0.305 e. The summed E-state index contributed by atoms with van der Waals surface area (Å²) in [6.07, 6.45) is 1.03. The van der Waals surface area contributed by atoms with E-state index in [1.54, 1.807) is 19.9 Å². The Hall–Kier alpha value is -1.97. The summed E-state index contributed by atoms with van der Waals surface area (Å²) in [5, 5.41) is 14.3. The minimum absolute atomic E-state index is 0.0520. The van der Waals surface area contributed by atoms with Gasteiger partial charge in [0.1, 0.15) is 0 Å². The number of hydrogen-bond donors (Lipinski definition) is 2. The molecule has 9 heteroatoms. The number of ether oxygens (including phenoxy) is 1. The molecule has 8 nitrogen and oxygen atoms in total. The Bertz CT molecular complexity index is 800. The van der Waals surface area contributed by atoms with E-state index in [9.17, 15) is 18.0 Å². The largest absolute Gasteiger partial charge is 0.481 e. The first-order valence-corrected chi connectivity index (χ1v) is 9.90. The number of amides is 1. The van der Waals surface area contributed by atoms with Crippen molar-refractivity contribution in [3.63, 3.8) is 0 Å². The highest BCUT2D eigenvalue weighted by Gasteiger charge is 2.28. The van der Waals surface area contributed by atoms with Crippen molar-refractivity contribution in [1.82, 2.24) is 4.90 Å². The molecule has 0 aliphatic carbocycles. The maximum atomic E-state index is 13.1. The summed E-state index contributed by atoms with van der Waals surface area (Å²) in [6.45, 7) is 4.38. The number of aliphatic carboxylic acids is 1. The molecule has 0 spiro atoms. The minimum atomic E-state index is -3.97. The highest BCUT2D eigenvalue weighted by atomic mass is 32.2. The first-order valence-electron chi connectivity index (χ1n) is 8.36. The zero-order valence-corrected chi connectivity index (χ0v) is 15.7. The number of carboxylic acid groups (broad SMARTS) is 1. The predicted octanol–water partition coefficient (Wildman–Crippen LogP) is 1.05. The average molecular weight is 384 g/mol. The monoisotopic (exact) mass is 384 g/mol. The standard InChI is InChI=1S/C17H24N2O6S/c1-11-9-13(10-15(12(11)2)26(18,23)24)17(22)19(6-3-16(20)21)14-4-7-25-8-5-14/h9-10,14H,3-8H2,1-2H3,(H,20,21)(H2,18,23,24). The molecule has 0 saturated carbocycles. The molecule has 1 saturated heterocycles. The zero-order valence-electron chi connectivity index (χ0n) is 14.9.